The van der Waals surface area contributed by atoms with Crippen LogP contribution in [0.1, 0.15) is 11.1 Å². The lowest BCUT2D eigenvalue weighted by molar-refractivity contribution is 0.365. The Morgan fingerprint density at radius 1 is 1.50 bits per heavy atom. The Bertz CT molecular complexity index is 339. The van der Waals surface area contributed by atoms with Gasteiger partial charge in [0.05, 0.1) is 0 Å². The van der Waals surface area contributed by atoms with Crippen LogP contribution in [0.25, 0.3) is 0 Å². The van der Waals surface area contributed by atoms with Gasteiger partial charge in [-0.2, -0.15) is 0 Å². The highest BCUT2D eigenvalue weighted by Crippen LogP contribution is 2.19. The van der Waals surface area contributed by atoms with E-state index in [2.05, 4.69) is 24.2 Å². The molecule has 0 fully saturated rings. The summed E-state index contributed by atoms with van der Waals surface area (Å²) in [5, 5.41) is 3.10. The van der Waals surface area contributed by atoms with E-state index in [1.54, 1.807) is 0 Å². The van der Waals surface area contributed by atoms with Gasteiger partial charge in [0.25, 0.3) is 0 Å². The molecule has 0 heterocycles. The molecule has 2 nitrogen and oxygen atoms in total. The Kier molecular flexibility index (Phi) is 4.03. The Labute approximate surface area is 85.3 Å². The van der Waals surface area contributed by atoms with Crippen molar-refractivity contribution in [1.82, 2.24) is 5.32 Å². The van der Waals surface area contributed by atoms with Crippen LogP contribution in [0.5, 0.6) is 5.75 Å². The minimum Gasteiger partial charge on any atom is -0.481 e. The highest BCUT2D eigenvalue weighted by atomic mass is 16.5. The molecule has 0 aliphatic rings. The Morgan fingerprint density at radius 2 is 2.29 bits per heavy atom. The molecule has 1 aromatic carbocycles. The van der Waals surface area contributed by atoms with E-state index in [0.717, 1.165) is 17.9 Å². The molecule has 0 amide bonds. The Balaban J connectivity index is 2.85. The van der Waals surface area contributed by atoms with Crippen LogP contribution in [0, 0.1) is 19.3 Å². The summed E-state index contributed by atoms with van der Waals surface area (Å²) in [5.74, 6) is 3.32. The molecule has 0 unspecified atom stereocenters. The molecule has 0 aliphatic carbocycles. The molecule has 0 atom stereocenters. The maximum Gasteiger partial charge on any atom is 0.148 e. The first-order valence-electron chi connectivity index (χ1n) is 4.58. The lowest BCUT2D eigenvalue weighted by Crippen LogP contribution is -2.08. The van der Waals surface area contributed by atoms with Crippen molar-refractivity contribution in [1.29, 1.82) is 0 Å². The van der Waals surface area contributed by atoms with Gasteiger partial charge in [-0.25, -0.2) is 0 Å². The fourth-order valence-electron chi connectivity index (χ4n) is 1.30. The van der Waals surface area contributed by atoms with Gasteiger partial charge in [0.15, 0.2) is 0 Å². The highest BCUT2D eigenvalue weighted by Gasteiger charge is 2.02. The molecule has 74 valence electrons. The molecule has 1 rings (SSSR count). The molecule has 0 bridgehead atoms. The van der Waals surface area contributed by atoms with Crippen molar-refractivity contribution in [3.63, 3.8) is 0 Å². The van der Waals surface area contributed by atoms with Crippen molar-refractivity contribution in [3.05, 3.63) is 29.3 Å². The smallest absolute Gasteiger partial charge is 0.148 e. The molecule has 0 saturated heterocycles. The van der Waals surface area contributed by atoms with Gasteiger partial charge in [-0.3, -0.25) is 0 Å². The van der Waals surface area contributed by atoms with E-state index in [4.69, 9.17) is 11.2 Å². The maximum atomic E-state index is 5.42. The van der Waals surface area contributed by atoms with Gasteiger partial charge in [-0.1, -0.05) is 23.6 Å². The van der Waals surface area contributed by atoms with E-state index in [0.29, 0.717) is 6.61 Å². The van der Waals surface area contributed by atoms with Crippen LogP contribution in [0.3, 0.4) is 0 Å². The van der Waals surface area contributed by atoms with Crippen LogP contribution < -0.4 is 10.1 Å². The Hall–Kier alpha value is -1.46. The number of nitrogens with one attached hydrogen (secondary N) is 1. The normalized spacial score (nSPS) is 9.50. The topological polar surface area (TPSA) is 21.3 Å². The van der Waals surface area contributed by atoms with Crippen LogP contribution in [0.4, 0.5) is 0 Å². The van der Waals surface area contributed by atoms with E-state index < -0.39 is 0 Å². The van der Waals surface area contributed by atoms with Crippen molar-refractivity contribution >= 4 is 0 Å². The van der Waals surface area contributed by atoms with Gasteiger partial charge in [-0.05, 0) is 20.0 Å². The minimum absolute atomic E-state index is 0.319. The third-order valence-corrected chi connectivity index (χ3v) is 1.89. The Morgan fingerprint density at radius 3 is 2.93 bits per heavy atom. The average molecular weight is 189 g/mol. The first-order chi connectivity index (χ1) is 6.77. The van der Waals surface area contributed by atoms with Crippen LogP contribution in [-0.4, -0.2) is 13.7 Å². The molecular formula is C12H15NO. The van der Waals surface area contributed by atoms with E-state index in [9.17, 15) is 0 Å². The zero-order chi connectivity index (χ0) is 10.4. The van der Waals surface area contributed by atoms with Gasteiger partial charge < -0.3 is 10.1 Å². The molecule has 0 saturated carbocycles. The molecule has 1 N–H and O–H groups in total. The molecule has 0 aliphatic heterocycles. The van der Waals surface area contributed by atoms with E-state index in [1.807, 2.05) is 19.2 Å². The zero-order valence-electron chi connectivity index (χ0n) is 8.63. The van der Waals surface area contributed by atoms with Crippen molar-refractivity contribution in [2.75, 3.05) is 13.7 Å². The fourth-order valence-corrected chi connectivity index (χ4v) is 1.30. The molecule has 0 spiro atoms. The molecule has 2 heteroatoms. The number of aryl methyl sites for hydroxylation is 1. The second kappa shape index (κ2) is 5.31. The quantitative estimate of drug-likeness (QED) is 0.728. The molecule has 0 radical (unpaired) electrons. The van der Waals surface area contributed by atoms with Crippen molar-refractivity contribution in [2.45, 2.75) is 13.5 Å². The van der Waals surface area contributed by atoms with Gasteiger partial charge in [0.2, 0.25) is 0 Å². The molecular weight excluding hydrogens is 174 g/mol. The van der Waals surface area contributed by atoms with Gasteiger partial charge in [-0.15, -0.1) is 6.42 Å². The predicted molar refractivity (Wildman–Crippen MR) is 58.3 cm³/mol. The summed E-state index contributed by atoms with van der Waals surface area (Å²) in [6.07, 6.45) is 5.14. The summed E-state index contributed by atoms with van der Waals surface area (Å²) in [5.41, 5.74) is 2.37. The zero-order valence-corrected chi connectivity index (χ0v) is 8.63. The van der Waals surface area contributed by atoms with Crippen molar-refractivity contribution in [2.24, 2.45) is 0 Å². The maximum absolute atomic E-state index is 5.42. The molecule has 1 aromatic rings. The number of rotatable bonds is 4. The molecule has 0 aromatic heterocycles. The lowest BCUT2D eigenvalue weighted by Gasteiger charge is -2.09. The third kappa shape index (κ3) is 2.79. The first-order valence-corrected chi connectivity index (χ1v) is 4.58. The second-order valence-corrected chi connectivity index (χ2v) is 3.13. The minimum atomic E-state index is 0.319. The number of ether oxygens (including phenoxy) is 1. The summed E-state index contributed by atoms with van der Waals surface area (Å²) in [7, 11) is 1.91. The van der Waals surface area contributed by atoms with Crippen LogP contribution in [0.15, 0.2) is 18.2 Å². The highest BCUT2D eigenvalue weighted by molar-refractivity contribution is 5.37. The van der Waals surface area contributed by atoms with Crippen LogP contribution in [0.2, 0.25) is 0 Å². The third-order valence-electron chi connectivity index (χ3n) is 1.89. The predicted octanol–water partition coefficient (Wildman–Crippen LogP) is 1.73. The number of benzene rings is 1. The number of hydrogen-bond donors (Lipinski definition) is 1. The lowest BCUT2D eigenvalue weighted by atomic mass is 10.1. The molecule has 14 heavy (non-hydrogen) atoms. The van der Waals surface area contributed by atoms with Crippen LogP contribution in [-0.2, 0) is 6.54 Å². The summed E-state index contributed by atoms with van der Waals surface area (Å²) in [6.45, 7) is 3.17. The number of terminal acetylenes is 1. The summed E-state index contributed by atoms with van der Waals surface area (Å²) in [6, 6.07) is 6.08. The average Bonchev–Trinajstić information content (AvgIpc) is 2.17. The SMILES string of the molecule is C#CCOc1ccc(C)cc1CNC. The van der Waals surface area contributed by atoms with Gasteiger partial charge in [0, 0.05) is 12.1 Å². The van der Waals surface area contributed by atoms with Crippen LogP contribution >= 0.6 is 0 Å². The van der Waals surface area contributed by atoms with E-state index >= 15 is 0 Å². The van der Waals surface area contributed by atoms with Gasteiger partial charge >= 0.3 is 0 Å². The first kappa shape index (κ1) is 10.6. The second-order valence-electron chi connectivity index (χ2n) is 3.13. The number of hydrogen-bond acceptors (Lipinski definition) is 2. The summed E-state index contributed by atoms with van der Waals surface area (Å²) in [4.78, 5) is 0. The van der Waals surface area contributed by atoms with E-state index in [1.165, 1.54) is 5.56 Å². The standard InChI is InChI=1S/C12H15NO/c1-4-7-14-12-6-5-10(2)8-11(12)9-13-3/h1,5-6,8,13H,7,9H2,2-3H3. The van der Waals surface area contributed by atoms with Crippen molar-refractivity contribution < 1.29 is 4.74 Å². The monoisotopic (exact) mass is 189 g/mol. The van der Waals surface area contributed by atoms with E-state index in [-0.39, 0.29) is 0 Å². The fraction of sp³-hybridized carbons (Fsp3) is 0.333. The summed E-state index contributed by atoms with van der Waals surface area (Å²) >= 11 is 0. The largest absolute Gasteiger partial charge is 0.481 e. The summed E-state index contributed by atoms with van der Waals surface area (Å²) < 4.78 is 5.42. The van der Waals surface area contributed by atoms with Crippen molar-refractivity contribution in [3.8, 4) is 18.1 Å². The van der Waals surface area contributed by atoms with Gasteiger partial charge in [0.1, 0.15) is 12.4 Å².